The number of benzene rings is 1. The van der Waals surface area contributed by atoms with E-state index in [0.29, 0.717) is 12.1 Å². The molecule has 0 saturated carbocycles. The van der Waals surface area contributed by atoms with Gasteiger partial charge in [-0.25, -0.2) is 4.39 Å². The van der Waals surface area contributed by atoms with Crippen LogP contribution in [-0.4, -0.2) is 58.2 Å². The van der Waals surface area contributed by atoms with Crippen LogP contribution in [0.25, 0.3) is 0 Å². The number of halogens is 1. The molecular weight excluding hydrogens is 319 g/mol. The minimum absolute atomic E-state index is 0.00825. The fourth-order valence-electron chi connectivity index (χ4n) is 3.18. The molecule has 0 aliphatic carbocycles. The van der Waals surface area contributed by atoms with Crippen LogP contribution in [0.4, 0.5) is 4.39 Å². The predicted octanol–water partition coefficient (Wildman–Crippen LogP) is 2.63. The second kappa shape index (κ2) is 7.62. The Balaban J connectivity index is 2.08. The summed E-state index contributed by atoms with van der Waals surface area (Å²) in [7, 11) is 3.84. The molecule has 1 fully saturated rings. The van der Waals surface area contributed by atoms with Crippen molar-refractivity contribution in [1.29, 1.82) is 0 Å². The van der Waals surface area contributed by atoms with E-state index in [-0.39, 0.29) is 22.8 Å². The molecule has 24 heavy (non-hydrogen) atoms. The Hall–Kier alpha value is -1.46. The fraction of sp³-hybridized carbons (Fsp3) is 0.526. The quantitative estimate of drug-likeness (QED) is 0.619. The number of aryl methyl sites for hydroxylation is 1. The molecule has 0 aromatic heterocycles. The van der Waals surface area contributed by atoms with Crippen molar-refractivity contribution in [2.75, 3.05) is 26.2 Å². The van der Waals surface area contributed by atoms with Crippen molar-refractivity contribution in [1.82, 2.24) is 9.80 Å². The van der Waals surface area contributed by atoms with E-state index < -0.39 is 0 Å². The van der Waals surface area contributed by atoms with Gasteiger partial charge in [0, 0.05) is 42.5 Å². The van der Waals surface area contributed by atoms with Gasteiger partial charge in [0.05, 0.1) is 0 Å². The molecule has 1 aliphatic heterocycles. The van der Waals surface area contributed by atoms with Crippen LogP contribution in [0.1, 0.15) is 31.4 Å². The Kier molecular flexibility index (Phi) is 5.99. The summed E-state index contributed by atoms with van der Waals surface area (Å²) < 4.78 is 13.9. The summed E-state index contributed by atoms with van der Waals surface area (Å²) in [4.78, 5) is 16.2. The normalized spacial score (nSPS) is 21.9. The predicted molar refractivity (Wildman–Crippen MR) is 96.7 cm³/mol. The number of hydrogen-bond donors (Lipinski definition) is 0. The molecule has 1 heterocycles. The summed E-state index contributed by atoms with van der Waals surface area (Å²) in [5.74, 6) is -0.185. The molecule has 0 spiro atoms. The topological polar surface area (TPSA) is 23.6 Å². The van der Waals surface area contributed by atoms with Crippen LogP contribution in [-0.2, 0) is 9.83 Å². The lowest BCUT2D eigenvalue weighted by molar-refractivity contribution is -0.127. The van der Waals surface area contributed by atoms with E-state index in [4.69, 9.17) is 0 Å². The third-order valence-corrected chi connectivity index (χ3v) is 5.31. The summed E-state index contributed by atoms with van der Waals surface area (Å²) in [6.07, 6.45) is 2.31. The van der Waals surface area contributed by atoms with Crippen molar-refractivity contribution < 1.29 is 9.18 Å². The molecule has 1 aromatic rings. The minimum Gasteiger partial charge on any atom is -0.335 e. The van der Waals surface area contributed by atoms with Crippen LogP contribution in [0.2, 0.25) is 0 Å². The monoisotopic (exact) mass is 345 g/mol. The number of rotatable bonds is 4. The first-order valence-corrected chi connectivity index (χ1v) is 8.91. The second-order valence-corrected chi connectivity index (χ2v) is 8.05. The number of nitrogens with zero attached hydrogens (tertiary/aromatic N) is 2. The number of carbonyl (C=O) groups is 1. The number of hydrogen-bond acceptors (Lipinski definition) is 2. The van der Waals surface area contributed by atoms with Gasteiger partial charge in [0.25, 0.3) is 0 Å². The van der Waals surface area contributed by atoms with Crippen molar-refractivity contribution in [2.45, 2.75) is 38.3 Å². The maximum absolute atomic E-state index is 13.9. The zero-order valence-corrected chi connectivity index (χ0v) is 15.8. The molecule has 129 valence electrons. The summed E-state index contributed by atoms with van der Waals surface area (Å²) >= 11 is 0. The fourth-order valence-corrected chi connectivity index (χ4v) is 3.56. The molecule has 5 heteroatoms. The van der Waals surface area contributed by atoms with E-state index in [1.54, 1.807) is 13.0 Å². The van der Waals surface area contributed by atoms with Crippen LogP contribution < -0.4 is 0 Å². The first-order chi connectivity index (χ1) is 11.2. The van der Waals surface area contributed by atoms with E-state index in [1.165, 1.54) is 6.08 Å². The molecule has 1 saturated heterocycles. The summed E-state index contributed by atoms with van der Waals surface area (Å²) in [5, 5.41) is -0.338. The highest BCUT2D eigenvalue weighted by Crippen LogP contribution is 2.24. The molecule has 1 aliphatic rings. The van der Waals surface area contributed by atoms with Gasteiger partial charge < -0.3 is 9.80 Å². The van der Waals surface area contributed by atoms with Gasteiger partial charge in [0.15, 0.2) is 0 Å². The maximum Gasteiger partial charge on any atom is 0.246 e. The molecule has 1 aromatic carbocycles. The summed E-state index contributed by atoms with van der Waals surface area (Å²) in [5.41, 5.74) is 1.59. The maximum atomic E-state index is 13.9. The molecule has 3 radical (unpaired) electrons. The summed E-state index contributed by atoms with van der Waals surface area (Å²) in [6, 6.07) is 5.60. The van der Waals surface area contributed by atoms with Crippen LogP contribution >= 0.6 is 0 Å². The van der Waals surface area contributed by atoms with Crippen LogP contribution in [0.15, 0.2) is 30.9 Å². The first kappa shape index (κ1) is 18.9. The second-order valence-electron chi connectivity index (χ2n) is 6.95. The highest BCUT2D eigenvalue weighted by Gasteiger charge is 2.28. The van der Waals surface area contributed by atoms with Crippen LogP contribution in [0.5, 0.6) is 0 Å². The lowest BCUT2D eigenvalue weighted by Gasteiger charge is -2.32. The Morgan fingerprint density at radius 1 is 1.46 bits per heavy atom. The average molecular weight is 346 g/mol. The van der Waals surface area contributed by atoms with Gasteiger partial charge in [-0.3, -0.25) is 4.79 Å². The number of carbonyl (C=O) groups excluding carboxylic acids is 1. The number of amides is 1. The van der Waals surface area contributed by atoms with Gasteiger partial charge in [-0.2, -0.15) is 0 Å². The van der Waals surface area contributed by atoms with Crippen molar-refractivity contribution in [2.24, 2.45) is 0 Å². The Labute approximate surface area is 147 Å². The average Bonchev–Trinajstić information content (AvgIpc) is 2.71. The SMILES string of the molecule is C=CC(=O)N1CCN(C[C@@](C)([Si])c2ccc(C)c(F)c2)CC[C@H]1C. The highest BCUT2D eigenvalue weighted by atomic mass is 28.1. The van der Waals surface area contributed by atoms with E-state index in [1.807, 2.05) is 17.0 Å². The van der Waals surface area contributed by atoms with E-state index in [0.717, 1.165) is 31.6 Å². The van der Waals surface area contributed by atoms with Gasteiger partial charge in [0.1, 0.15) is 5.82 Å². The van der Waals surface area contributed by atoms with Gasteiger partial charge in [-0.05, 0) is 48.6 Å². The smallest absolute Gasteiger partial charge is 0.246 e. The van der Waals surface area contributed by atoms with E-state index >= 15 is 0 Å². The minimum atomic E-state index is -0.338. The largest absolute Gasteiger partial charge is 0.335 e. The van der Waals surface area contributed by atoms with Crippen LogP contribution in [0.3, 0.4) is 0 Å². The Morgan fingerprint density at radius 2 is 2.17 bits per heavy atom. The Bertz CT molecular complexity index is 617. The molecule has 2 atom stereocenters. The zero-order chi connectivity index (χ0) is 17.9. The molecule has 0 bridgehead atoms. The third-order valence-electron chi connectivity index (χ3n) is 4.86. The molecule has 3 nitrogen and oxygen atoms in total. The van der Waals surface area contributed by atoms with Gasteiger partial charge in [-0.1, -0.05) is 25.6 Å². The van der Waals surface area contributed by atoms with Gasteiger partial charge in [0.2, 0.25) is 5.91 Å². The van der Waals surface area contributed by atoms with Gasteiger partial charge in [-0.15, -0.1) is 0 Å². The standard InChI is InChI=1S/C19H26FN2OSi/c1-5-18(23)22-11-10-21(9-8-15(22)3)13-19(4,24)16-7-6-14(2)17(20)12-16/h5-7,12,15H,1,8-11,13H2,2-4H3/t15-,19-/m1/s1. The van der Waals surface area contributed by atoms with Crippen molar-refractivity contribution in [3.05, 3.63) is 47.8 Å². The van der Waals surface area contributed by atoms with Crippen LogP contribution in [0, 0.1) is 12.7 Å². The first-order valence-electron chi connectivity index (χ1n) is 8.41. The van der Waals surface area contributed by atoms with E-state index in [2.05, 4.69) is 35.6 Å². The zero-order valence-electron chi connectivity index (χ0n) is 14.8. The molecule has 2 rings (SSSR count). The van der Waals surface area contributed by atoms with Gasteiger partial charge >= 0.3 is 0 Å². The summed E-state index contributed by atoms with van der Waals surface area (Å²) in [6.45, 7) is 12.7. The van der Waals surface area contributed by atoms with Crippen molar-refractivity contribution in [3.63, 3.8) is 0 Å². The lowest BCUT2D eigenvalue weighted by Crippen LogP contribution is -2.42. The molecule has 0 unspecified atom stereocenters. The molecule has 0 N–H and O–H groups in total. The lowest BCUT2D eigenvalue weighted by atomic mass is 9.97. The molecular formula is C19H26FN2OSi. The Morgan fingerprint density at radius 3 is 2.79 bits per heavy atom. The van der Waals surface area contributed by atoms with Crippen molar-refractivity contribution in [3.8, 4) is 0 Å². The van der Waals surface area contributed by atoms with Crippen molar-refractivity contribution >= 4 is 16.1 Å². The van der Waals surface area contributed by atoms with E-state index in [9.17, 15) is 9.18 Å². The molecule has 1 amide bonds. The highest BCUT2D eigenvalue weighted by molar-refractivity contribution is 6.15. The third kappa shape index (κ3) is 4.33.